The van der Waals surface area contributed by atoms with Crippen molar-refractivity contribution in [3.05, 3.63) is 65.7 Å². The van der Waals surface area contributed by atoms with Crippen molar-refractivity contribution in [2.24, 2.45) is 16.6 Å². The smallest absolute Gasteiger partial charge is 0.408 e. The van der Waals surface area contributed by atoms with E-state index in [0.717, 1.165) is 11.1 Å². The number of hydrogen-bond acceptors (Lipinski definition) is 9. The monoisotopic (exact) mass is 718 g/mol. The second-order valence-corrected chi connectivity index (χ2v) is 14.8. The normalized spacial score (nSPS) is 13.9. The Kier molecular flexibility index (Phi) is 16.2. The number of amides is 3. The van der Waals surface area contributed by atoms with Gasteiger partial charge in [0.15, 0.2) is 0 Å². The van der Waals surface area contributed by atoms with Crippen LogP contribution in [0.1, 0.15) is 65.0 Å². The van der Waals surface area contributed by atoms with Gasteiger partial charge < -0.3 is 36.3 Å². The Bertz CT molecular complexity index is 1560. The number of hydrogen-bond donors (Lipinski definition) is 6. The predicted molar refractivity (Wildman–Crippen MR) is 187 cm³/mol. The number of aliphatic imine (C=N–C) groups is 1. The van der Waals surface area contributed by atoms with E-state index in [-0.39, 0.29) is 55.8 Å². The number of rotatable bonds is 18. The Morgan fingerprint density at radius 2 is 1.50 bits per heavy atom. The molecule has 0 saturated heterocycles. The van der Waals surface area contributed by atoms with Crippen molar-refractivity contribution in [1.82, 2.24) is 20.7 Å². The van der Waals surface area contributed by atoms with Gasteiger partial charge >= 0.3 is 12.1 Å². The minimum absolute atomic E-state index is 0.00219. The maximum atomic E-state index is 13.6. The van der Waals surface area contributed by atoms with Gasteiger partial charge in [0.05, 0.1) is 17.1 Å². The van der Waals surface area contributed by atoms with E-state index in [1.165, 1.54) is 12.1 Å². The van der Waals surface area contributed by atoms with Gasteiger partial charge in [-0.25, -0.2) is 22.7 Å². The number of aliphatic carboxylic acids is 1. The number of carbonyl (C=O) groups is 4. The molecule has 2 aromatic carbocycles. The molecule has 0 aliphatic carbocycles. The molecule has 7 N–H and O–H groups in total. The van der Waals surface area contributed by atoms with Gasteiger partial charge in [0, 0.05) is 6.54 Å². The lowest BCUT2D eigenvalue weighted by Crippen LogP contribution is -2.57. The van der Waals surface area contributed by atoms with E-state index in [4.69, 9.17) is 15.2 Å². The summed E-state index contributed by atoms with van der Waals surface area (Å²) in [7, 11) is -3.99. The third-order valence-corrected chi connectivity index (χ3v) is 8.33. The summed E-state index contributed by atoms with van der Waals surface area (Å²) in [4.78, 5) is 55.6. The SMILES string of the molecule is Cc1ccc(S(=O)(=O)NC(N)=NCCC[C@H](NC(=O)[C@H](COC(C)(C)C)NC(=O)OCc2ccccc2)C(=O)N[C@@H](CC(C)C)C(=O)O)cc1. The molecule has 15 nitrogen and oxygen atoms in total. The number of nitrogens with zero attached hydrogens (tertiary/aromatic N) is 1. The Morgan fingerprint density at radius 3 is 2.08 bits per heavy atom. The van der Waals surface area contributed by atoms with E-state index in [1.807, 2.05) is 13.0 Å². The lowest BCUT2D eigenvalue weighted by molar-refractivity contribution is -0.142. The molecule has 0 aromatic heterocycles. The highest BCUT2D eigenvalue weighted by Crippen LogP contribution is 2.11. The first-order chi connectivity index (χ1) is 23.4. The van der Waals surface area contributed by atoms with Gasteiger partial charge in [-0.2, -0.15) is 0 Å². The van der Waals surface area contributed by atoms with E-state index in [1.54, 1.807) is 71.0 Å². The zero-order chi connectivity index (χ0) is 37.5. The number of nitrogens with two attached hydrogens (primary N) is 1. The van der Waals surface area contributed by atoms with E-state index < -0.39 is 57.6 Å². The van der Waals surface area contributed by atoms with Crippen molar-refractivity contribution < 1.29 is 42.2 Å². The summed E-state index contributed by atoms with van der Waals surface area (Å²) in [6, 6.07) is 11.3. The molecule has 0 bridgehead atoms. The lowest BCUT2D eigenvalue weighted by Gasteiger charge is -2.27. The number of alkyl carbamates (subject to hydrolysis) is 1. The first-order valence-corrected chi connectivity index (χ1v) is 17.7. The lowest BCUT2D eigenvalue weighted by atomic mass is 10.0. The van der Waals surface area contributed by atoms with Gasteiger partial charge in [0.2, 0.25) is 17.8 Å². The van der Waals surface area contributed by atoms with Crippen LogP contribution in [0.5, 0.6) is 0 Å². The second kappa shape index (κ2) is 19.5. The quantitative estimate of drug-likeness (QED) is 0.0750. The van der Waals surface area contributed by atoms with Crippen LogP contribution in [0.2, 0.25) is 0 Å². The maximum Gasteiger partial charge on any atom is 0.408 e. The third-order valence-electron chi connectivity index (χ3n) is 6.96. The van der Waals surface area contributed by atoms with Gasteiger partial charge in [0.1, 0.15) is 24.7 Å². The van der Waals surface area contributed by atoms with Crippen LogP contribution in [-0.2, 0) is 40.5 Å². The van der Waals surface area contributed by atoms with E-state index in [9.17, 15) is 32.7 Å². The molecule has 3 atom stereocenters. The summed E-state index contributed by atoms with van der Waals surface area (Å²) in [5, 5.41) is 17.3. The number of carboxylic acid groups (broad SMARTS) is 1. The molecule has 276 valence electrons. The summed E-state index contributed by atoms with van der Waals surface area (Å²) in [5.74, 6) is -3.23. The molecule has 3 amide bonds. The van der Waals surface area contributed by atoms with Crippen molar-refractivity contribution in [3.8, 4) is 0 Å². The minimum atomic E-state index is -3.99. The third kappa shape index (κ3) is 15.7. The molecular formula is C34H50N6O9S. The Balaban J connectivity index is 2.19. The number of benzene rings is 2. The molecule has 0 saturated carbocycles. The first kappa shape index (κ1) is 41.5. The van der Waals surface area contributed by atoms with Crippen LogP contribution >= 0.6 is 0 Å². The largest absolute Gasteiger partial charge is 0.480 e. The van der Waals surface area contributed by atoms with Crippen LogP contribution < -0.4 is 26.4 Å². The van der Waals surface area contributed by atoms with Crippen LogP contribution in [0.3, 0.4) is 0 Å². The van der Waals surface area contributed by atoms with Gasteiger partial charge in [-0.05, 0) is 70.6 Å². The number of nitrogens with one attached hydrogen (secondary N) is 4. The van der Waals surface area contributed by atoms with E-state index >= 15 is 0 Å². The predicted octanol–water partition coefficient (Wildman–Crippen LogP) is 2.58. The molecule has 2 rings (SSSR count). The molecule has 16 heteroatoms. The molecule has 0 aliphatic rings. The molecule has 0 aliphatic heterocycles. The number of sulfonamides is 1. The van der Waals surface area contributed by atoms with Crippen molar-refractivity contribution in [2.75, 3.05) is 13.2 Å². The zero-order valence-electron chi connectivity index (χ0n) is 29.4. The fraction of sp³-hybridized carbons (Fsp3) is 0.500. The minimum Gasteiger partial charge on any atom is -0.480 e. The average molecular weight is 719 g/mol. The van der Waals surface area contributed by atoms with Crippen molar-refractivity contribution in [1.29, 1.82) is 0 Å². The topological polar surface area (TPSA) is 228 Å². The van der Waals surface area contributed by atoms with Crippen molar-refractivity contribution in [3.63, 3.8) is 0 Å². The summed E-state index contributed by atoms with van der Waals surface area (Å²) < 4.78 is 38.5. The van der Waals surface area contributed by atoms with E-state index in [2.05, 4.69) is 25.7 Å². The van der Waals surface area contributed by atoms with Gasteiger partial charge in [-0.15, -0.1) is 0 Å². The Labute approximate surface area is 293 Å². The molecule has 0 radical (unpaired) electrons. The fourth-order valence-electron chi connectivity index (χ4n) is 4.37. The summed E-state index contributed by atoms with van der Waals surface area (Å²) in [6.45, 7) is 10.4. The Hall–Kier alpha value is -4.70. The average Bonchev–Trinajstić information content (AvgIpc) is 3.02. The molecule has 0 heterocycles. The summed E-state index contributed by atoms with van der Waals surface area (Å²) in [6.07, 6.45) is -0.671. The number of aryl methyl sites for hydroxylation is 1. The van der Waals surface area contributed by atoms with Gasteiger partial charge in [-0.3, -0.25) is 14.6 Å². The first-order valence-electron chi connectivity index (χ1n) is 16.2. The second-order valence-electron chi connectivity index (χ2n) is 13.1. The molecule has 2 aromatic rings. The van der Waals surface area contributed by atoms with Crippen LogP contribution in [0.15, 0.2) is 64.5 Å². The zero-order valence-corrected chi connectivity index (χ0v) is 30.2. The summed E-state index contributed by atoms with van der Waals surface area (Å²) >= 11 is 0. The van der Waals surface area contributed by atoms with Crippen LogP contribution in [0.25, 0.3) is 0 Å². The number of carbonyl (C=O) groups excluding carboxylic acids is 3. The Morgan fingerprint density at radius 1 is 0.900 bits per heavy atom. The highest BCUT2D eigenvalue weighted by atomic mass is 32.2. The maximum absolute atomic E-state index is 13.6. The highest BCUT2D eigenvalue weighted by Gasteiger charge is 2.31. The number of carboxylic acids is 1. The molecule has 0 spiro atoms. The van der Waals surface area contributed by atoms with Crippen molar-refractivity contribution >= 4 is 39.9 Å². The standard InChI is InChI=1S/C34H50N6O9S/c1-22(2)19-27(31(43)44)38-29(41)26(13-10-18-36-32(35)40-50(46,47)25-16-14-23(3)15-17-25)37-30(42)28(21-49-34(4,5)6)39-33(45)48-20-24-11-8-7-9-12-24/h7-9,11-12,14-17,22,26-28H,10,13,18-21H2,1-6H3,(H,37,42)(H,38,41)(H,39,45)(H,43,44)(H3,35,36,40)/t26-,27-,28-/m0/s1. The fourth-order valence-corrected chi connectivity index (χ4v) is 5.32. The van der Waals surface area contributed by atoms with Crippen LogP contribution in [-0.4, -0.2) is 80.2 Å². The number of guanidine groups is 1. The highest BCUT2D eigenvalue weighted by molar-refractivity contribution is 7.90. The molecule has 0 fully saturated rings. The summed E-state index contributed by atoms with van der Waals surface area (Å²) in [5.41, 5.74) is 6.75. The van der Waals surface area contributed by atoms with Gasteiger partial charge in [0.25, 0.3) is 10.0 Å². The van der Waals surface area contributed by atoms with Crippen LogP contribution in [0.4, 0.5) is 4.79 Å². The van der Waals surface area contributed by atoms with Crippen molar-refractivity contribution in [2.45, 2.75) is 96.0 Å². The molecule has 0 unspecified atom stereocenters. The number of ether oxygens (including phenoxy) is 2. The van der Waals surface area contributed by atoms with E-state index in [0.29, 0.717) is 0 Å². The van der Waals surface area contributed by atoms with Gasteiger partial charge in [-0.1, -0.05) is 61.9 Å². The molecule has 50 heavy (non-hydrogen) atoms. The van der Waals surface area contributed by atoms with Crippen LogP contribution in [0, 0.1) is 12.8 Å². The molecular weight excluding hydrogens is 668 g/mol.